The number of aromatic nitrogens is 2. The van der Waals surface area contributed by atoms with Gasteiger partial charge in [-0.3, -0.25) is 14.7 Å². The molecule has 34 heavy (non-hydrogen) atoms. The molecule has 0 bridgehead atoms. The van der Waals surface area contributed by atoms with Gasteiger partial charge in [-0.15, -0.1) is 0 Å². The normalized spacial score (nSPS) is 13.6. The minimum absolute atomic E-state index is 0.0908. The van der Waals surface area contributed by atoms with Crippen molar-refractivity contribution in [3.05, 3.63) is 77.4 Å². The number of hydrogen-bond acceptors (Lipinski definition) is 5. The number of halogens is 1. The van der Waals surface area contributed by atoms with Crippen molar-refractivity contribution in [2.24, 2.45) is 5.41 Å². The molecule has 0 saturated heterocycles. The number of carboxylic acids is 2. The number of aromatic carboxylic acids is 1. The number of aliphatic hydroxyl groups excluding tert-OH is 1. The van der Waals surface area contributed by atoms with Crippen molar-refractivity contribution < 1.29 is 34.1 Å². The Morgan fingerprint density at radius 1 is 1.09 bits per heavy atom. The van der Waals surface area contributed by atoms with Gasteiger partial charge in [0.15, 0.2) is 5.69 Å². The van der Waals surface area contributed by atoms with Gasteiger partial charge < -0.3 is 20.6 Å². The Kier molecular flexibility index (Phi) is 7.42. The van der Waals surface area contributed by atoms with Gasteiger partial charge in [0.25, 0.3) is 5.91 Å². The number of benzene rings is 2. The molecule has 0 radical (unpaired) electrons. The lowest BCUT2D eigenvalue weighted by molar-refractivity contribution is -0.151. The van der Waals surface area contributed by atoms with E-state index in [2.05, 4.69) is 15.5 Å². The summed E-state index contributed by atoms with van der Waals surface area (Å²) in [6.07, 6.45) is 0.140. The van der Waals surface area contributed by atoms with Gasteiger partial charge in [-0.25, -0.2) is 9.18 Å². The van der Waals surface area contributed by atoms with Crippen LogP contribution in [0.4, 0.5) is 4.39 Å². The van der Waals surface area contributed by atoms with Crippen molar-refractivity contribution >= 4 is 17.8 Å². The Hall–Kier alpha value is -4.05. The summed E-state index contributed by atoms with van der Waals surface area (Å²) in [6.45, 7) is 0.734. The van der Waals surface area contributed by atoms with E-state index in [4.69, 9.17) is 5.11 Å². The molecule has 0 aliphatic carbocycles. The highest BCUT2D eigenvalue weighted by Gasteiger charge is 2.36. The van der Waals surface area contributed by atoms with E-state index in [1.165, 1.54) is 19.1 Å². The van der Waals surface area contributed by atoms with Crippen molar-refractivity contribution in [1.29, 1.82) is 0 Å². The first-order valence-electron chi connectivity index (χ1n) is 10.4. The van der Waals surface area contributed by atoms with Crippen LogP contribution >= 0.6 is 0 Å². The zero-order valence-corrected chi connectivity index (χ0v) is 18.3. The zero-order chi connectivity index (χ0) is 24.9. The molecule has 9 nitrogen and oxygen atoms in total. The molecule has 10 heteroatoms. The van der Waals surface area contributed by atoms with Gasteiger partial charge >= 0.3 is 11.9 Å². The second kappa shape index (κ2) is 10.3. The predicted molar refractivity (Wildman–Crippen MR) is 120 cm³/mol. The van der Waals surface area contributed by atoms with Crippen LogP contribution in [-0.4, -0.2) is 56.0 Å². The number of aliphatic carboxylic acids is 1. The fourth-order valence-corrected chi connectivity index (χ4v) is 3.53. The SMILES string of the molecule is CC(CO)(CC(Cc1ccc(-c2cccc(F)c2)cc1)NC(=O)c1cc(C(=O)O)[nH]n1)C(=O)O. The van der Waals surface area contributed by atoms with Crippen molar-refractivity contribution in [3.8, 4) is 11.1 Å². The van der Waals surface area contributed by atoms with E-state index in [-0.39, 0.29) is 30.0 Å². The third-order valence-electron chi connectivity index (χ3n) is 5.53. The van der Waals surface area contributed by atoms with Gasteiger partial charge in [-0.2, -0.15) is 5.10 Å². The van der Waals surface area contributed by atoms with Gasteiger partial charge in [0, 0.05) is 12.1 Å². The van der Waals surface area contributed by atoms with Crippen LogP contribution in [0.2, 0.25) is 0 Å². The van der Waals surface area contributed by atoms with Crippen LogP contribution in [0.5, 0.6) is 0 Å². The standard InChI is InChI=1S/C24H24FN3O6/c1-24(13-29,23(33)34)12-18(26-21(30)19-11-20(22(31)32)28-27-19)9-14-5-7-15(8-6-14)16-3-2-4-17(25)10-16/h2-8,10-11,18,29H,9,12-13H2,1H3,(H,26,30)(H,27,28)(H,31,32)(H,33,34). The Morgan fingerprint density at radius 2 is 1.79 bits per heavy atom. The van der Waals surface area contributed by atoms with Gasteiger partial charge in [-0.05, 0) is 48.6 Å². The van der Waals surface area contributed by atoms with E-state index in [0.717, 1.165) is 17.2 Å². The highest BCUT2D eigenvalue weighted by atomic mass is 19.1. The van der Waals surface area contributed by atoms with Crippen LogP contribution in [0.1, 0.15) is 39.9 Å². The molecule has 0 fully saturated rings. The third-order valence-corrected chi connectivity index (χ3v) is 5.53. The smallest absolute Gasteiger partial charge is 0.353 e. The Balaban J connectivity index is 1.82. The summed E-state index contributed by atoms with van der Waals surface area (Å²) in [5.74, 6) is -3.54. The van der Waals surface area contributed by atoms with E-state index in [1.807, 2.05) is 0 Å². The molecule has 2 aromatic carbocycles. The number of aliphatic hydroxyl groups is 1. The molecule has 0 aliphatic heterocycles. The molecule has 5 N–H and O–H groups in total. The summed E-state index contributed by atoms with van der Waals surface area (Å²) in [5, 5.41) is 36.9. The molecule has 2 unspecified atom stereocenters. The van der Waals surface area contributed by atoms with Gasteiger partial charge in [-0.1, -0.05) is 36.4 Å². The maximum Gasteiger partial charge on any atom is 0.353 e. The number of aromatic amines is 1. The number of amides is 1. The van der Waals surface area contributed by atoms with E-state index in [9.17, 15) is 29.0 Å². The molecule has 3 rings (SSSR count). The predicted octanol–water partition coefficient (Wildman–Crippen LogP) is 2.73. The fraction of sp³-hybridized carbons (Fsp3) is 0.250. The molecule has 178 valence electrons. The highest BCUT2D eigenvalue weighted by Crippen LogP contribution is 2.26. The van der Waals surface area contributed by atoms with Crippen molar-refractivity contribution in [3.63, 3.8) is 0 Å². The molecular weight excluding hydrogens is 445 g/mol. The largest absolute Gasteiger partial charge is 0.481 e. The Bertz CT molecular complexity index is 1190. The van der Waals surface area contributed by atoms with Crippen molar-refractivity contribution in [2.45, 2.75) is 25.8 Å². The molecule has 2 atom stereocenters. The topological polar surface area (TPSA) is 153 Å². The van der Waals surface area contributed by atoms with Gasteiger partial charge in [0.1, 0.15) is 11.5 Å². The number of carbonyl (C=O) groups is 3. The summed E-state index contributed by atoms with van der Waals surface area (Å²) in [7, 11) is 0. The summed E-state index contributed by atoms with van der Waals surface area (Å²) in [6, 6.07) is 13.7. The lowest BCUT2D eigenvalue weighted by atomic mass is 9.82. The average molecular weight is 469 g/mol. The quantitative estimate of drug-likeness (QED) is 0.306. The highest BCUT2D eigenvalue weighted by molar-refractivity contribution is 5.95. The second-order valence-corrected chi connectivity index (χ2v) is 8.28. The Labute approximate surface area is 194 Å². The summed E-state index contributed by atoms with van der Waals surface area (Å²) < 4.78 is 13.5. The number of nitrogens with one attached hydrogen (secondary N) is 2. The minimum Gasteiger partial charge on any atom is -0.481 e. The molecule has 1 aromatic heterocycles. The lowest BCUT2D eigenvalue weighted by Gasteiger charge is -2.28. The van der Waals surface area contributed by atoms with E-state index < -0.39 is 35.9 Å². The van der Waals surface area contributed by atoms with Gasteiger partial charge in [0.2, 0.25) is 0 Å². The van der Waals surface area contributed by atoms with Crippen LogP contribution in [-0.2, 0) is 11.2 Å². The summed E-state index contributed by atoms with van der Waals surface area (Å²) >= 11 is 0. The molecule has 1 amide bonds. The van der Waals surface area contributed by atoms with Crippen LogP contribution in [0, 0.1) is 11.2 Å². The molecule has 0 aliphatic rings. The van der Waals surface area contributed by atoms with E-state index >= 15 is 0 Å². The number of rotatable bonds is 10. The fourth-order valence-electron chi connectivity index (χ4n) is 3.53. The number of carbonyl (C=O) groups excluding carboxylic acids is 1. The molecule has 1 heterocycles. The molecular formula is C24H24FN3O6. The average Bonchev–Trinajstić information content (AvgIpc) is 3.30. The zero-order valence-electron chi connectivity index (χ0n) is 18.3. The van der Waals surface area contributed by atoms with Crippen LogP contribution in [0.25, 0.3) is 11.1 Å². The maximum atomic E-state index is 13.5. The van der Waals surface area contributed by atoms with Crippen molar-refractivity contribution in [1.82, 2.24) is 15.5 Å². The van der Waals surface area contributed by atoms with Crippen LogP contribution in [0.15, 0.2) is 54.6 Å². The first-order chi connectivity index (χ1) is 16.1. The molecule has 0 spiro atoms. The van der Waals surface area contributed by atoms with Crippen LogP contribution < -0.4 is 5.32 Å². The summed E-state index contributed by atoms with van der Waals surface area (Å²) in [4.78, 5) is 35.4. The number of hydrogen-bond donors (Lipinski definition) is 5. The molecule has 0 saturated carbocycles. The Morgan fingerprint density at radius 3 is 2.35 bits per heavy atom. The van der Waals surface area contributed by atoms with E-state index in [1.54, 1.807) is 36.4 Å². The first kappa shape index (κ1) is 24.6. The lowest BCUT2D eigenvalue weighted by Crippen LogP contribution is -2.44. The minimum atomic E-state index is -1.52. The third kappa shape index (κ3) is 5.84. The van der Waals surface area contributed by atoms with Crippen molar-refractivity contribution in [2.75, 3.05) is 6.61 Å². The molecule has 3 aromatic rings. The maximum absolute atomic E-state index is 13.5. The number of nitrogens with zero attached hydrogens (tertiary/aromatic N) is 1. The summed E-state index contributed by atoms with van der Waals surface area (Å²) in [5.41, 5.74) is 0.307. The monoisotopic (exact) mass is 469 g/mol. The number of H-pyrrole nitrogens is 1. The van der Waals surface area contributed by atoms with Crippen LogP contribution in [0.3, 0.4) is 0 Å². The second-order valence-electron chi connectivity index (χ2n) is 8.28. The van der Waals surface area contributed by atoms with E-state index in [0.29, 0.717) is 5.56 Å². The first-order valence-corrected chi connectivity index (χ1v) is 10.4. The number of carboxylic acid groups (broad SMARTS) is 2. The van der Waals surface area contributed by atoms with Gasteiger partial charge in [0.05, 0.1) is 12.0 Å².